The zero-order valence-electron chi connectivity index (χ0n) is 12.0. The van der Waals surface area contributed by atoms with Crippen LogP contribution in [0.1, 0.15) is 39.0 Å². The third-order valence-corrected chi connectivity index (χ3v) is 5.13. The molecule has 3 rings (SSSR count). The Morgan fingerprint density at radius 2 is 2.05 bits per heavy atom. The average Bonchev–Trinajstić information content (AvgIpc) is 2.73. The monoisotopic (exact) mass is 335 g/mol. The number of anilines is 1. The Morgan fingerprint density at radius 1 is 1.30 bits per heavy atom. The number of halogens is 1. The van der Waals surface area contributed by atoms with Gasteiger partial charge in [0, 0.05) is 11.0 Å². The van der Waals surface area contributed by atoms with Crippen molar-refractivity contribution in [3.63, 3.8) is 0 Å². The van der Waals surface area contributed by atoms with Crippen LogP contribution in [0.25, 0.3) is 11.0 Å². The van der Waals surface area contributed by atoms with E-state index in [1.54, 1.807) is 0 Å². The molecule has 3 nitrogen and oxygen atoms in total. The van der Waals surface area contributed by atoms with Gasteiger partial charge in [0.15, 0.2) is 0 Å². The molecule has 1 fully saturated rings. The number of rotatable bonds is 3. The van der Waals surface area contributed by atoms with Crippen molar-refractivity contribution in [1.29, 1.82) is 0 Å². The number of nitrogens with zero attached hydrogens (tertiary/aromatic N) is 2. The molecule has 0 atom stereocenters. The van der Waals surface area contributed by atoms with Gasteiger partial charge in [0.05, 0.1) is 11.0 Å². The number of nitrogen functional groups attached to an aromatic ring is 1. The molecule has 0 bridgehead atoms. The van der Waals surface area contributed by atoms with E-state index in [4.69, 9.17) is 5.73 Å². The molecule has 0 spiro atoms. The fourth-order valence-corrected chi connectivity index (χ4v) is 3.64. The van der Waals surface area contributed by atoms with Gasteiger partial charge in [-0.1, -0.05) is 48.5 Å². The predicted molar refractivity (Wildman–Crippen MR) is 87.6 cm³/mol. The minimum atomic E-state index is 0.641. The Balaban J connectivity index is 1.72. The van der Waals surface area contributed by atoms with Gasteiger partial charge in [-0.25, -0.2) is 4.98 Å². The maximum absolute atomic E-state index is 6.08. The van der Waals surface area contributed by atoms with Gasteiger partial charge in [-0.15, -0.1) is 0 Å². The van der Waals surface area contributed by atoms with Crippen LogP contribution < -0.4 is 5.73 Å². The van der Waals surface area contributed by atoms with Crippen LogP contribution in [0, 0.1) is 11.8 Å². The largest absolute Gasteiger partial charge is 0.369 e. The number of aryl methyl sites for hydroxylation is 1. The fraction of sp³-hybridized carbons (Fsp3) is 0.562. The minimum Gasteiger partial charge on any atom is -0.369 e. The van der Waals surface area contributed by atoms with Gasteiger partial charge in [-0.05, 0) is 36.5 Å². The van der Waals surface area contributed by atoms with Gasteiger partial charge in [-0.3, -0.25) is 0 Å². The number of benzene rings is 1. The van der Waals surface area contributed by atoms with Crippen molar-refractivity contribution >= 4 is 32.9 Å². The molecule has 4 heteroatoms. The summed E-state index contributed by atoms with van der Waals surface area (Å²) in [5, 5.41) is 0. The summed E-state index contributed by atoms with van der Waals surface area (Å²) in [7, 11) is 0. The second-order valence-corrected chi connectivity index (χ2v) is 7.08. The van der Waals surface area contributed by atoms with Crippen molar-refractivity contribution in [2.75, 3.05) is 5.73 Å². The summed E-state index contributed by atoms with van der Waals surface area (Å²) in [4.78, 5) is 4.46. The molecule has 0 radical (unpaired) electrons. The van der Waals surface area contributed by atoms with E-state index in [2.05, 4.69) is 44.5 Å². The summed E-state index contributed by atoms with van der Waals surface area (Å²) in [6, 6.07) is 6.19. The summed E-state index contributed by atoms with van der Waals surface area (Å²) in [6.45, 7) is 3.36. The molecule has 1 heterocycles. The highest BCUT2D eigenvalue weighted by Crippen LogP contribution is 2.31. The van der Waals surface area contributed by atoms with Crippen molar-refractivity contribution in [2.24, 2.45) is 11.8 Å². The lowest BCUT2D eigenvalue weighted by Gasteiger charge is -2.26. The van der Waals surface area contributed by atoms with E-state index in [9.17, 15) is 0 Å². The zero-order chi connectivity index (χ0) is 14.1. The van der Waals surface area contributed by atoms with Crippen LogP contribution in [0.15, 0.2) is 22.7 Å². The van der Waals surface area contributed by atoms with Crippen LogP contribution in [0.4, 0.5) is 5.95 Å². The van der Waals surface area contributed by atoms with Crippen molar-refractivity contribution in [3.8, 4) is 0 Å². The van der Waals surface area contributed by atoms with E-state index in [0.717, 1.165) is 33.9 Å². The van der Waals surface area contributed by atoms with Gasteiger partial charge in [0.1, 0.15) is 0 Å². The maximum Gasteiger partial charge on any atom is 0.201 e. The molecule has 0 unspecified atom stereocenters. The van der Waals surface area contributed by atoms with Crippen molar-refractivity contribution in [2.45, 2.75) is 45.6 Å². The summed E-state index contributed by atoms with van der Waals surface area (Å²) >= 11 is 3.48. The summed E-state index contributed by atoms with van der Waals surface area (Å²) in [5.74, 6) is 2.42. The third kappa shape index (κ3) is 2.85. The number of fused-ring (bicyclic) bond motifs is 1. The van der Waals surface area contributed by atoms with E-state index in [1.165, 1.54) is 32.1 Å². The molecule has 1 saturated carbocycles. The number of hydrogen-bond donors (Lipinski definition) is 1. The Bertz CT molecular complexity index is 597. The summed E-state index contributed by atoms with van der Waals surface area (Å²) < 4.78 is 3.22. The molecule has 1 aromatic heterocycles. The smallest absolute Gasteiger partial charge is 0.201 e. The van der Waals surface area contributed by atoms with Crippen LogP contribution in [-0.4, -0.2) is 9.55 Å². The fourth-order valence-electron chi connectivity index (χ4n) is 3.29. The molecule has 108 valence electrons. The van der Waals surface area contributed by atoms with Crippen LogP contribution >= 0.6 is 15.9 Å². The molecule has 1 aliphatic carbocycles. The molecular weight excluding hydrogens is 314 g/mol. The van der Waals surface area contributed by atoms with Crippen LogP contribution in [0.3, 0.4) is 0 Å². The van der Waals surface area contributed by atoms with Gasteiger partial charge in [-0.2, -0.15) is 0 Å². The Kier molecular flexibility index (Phi) is 4.01. The van der Waals surface area contributed by atoms with E-state index < -0.39 is 0 Å². The highest BCUT2D eigenvalue weighted by molar-refractivity contribution is 9.10. The van der Waals surface area contributed by atoms with Crippen LogP contribution in [0.2, 0.25) is 0 Å². The second-order valence-electron chi connectivity index (χ2n) is 6.17. The third-order valence-electron chi connectivity index (χ3n) is 4.64. The lowest BCUT2D eigenvalue weighted by Crippen LogP contribution is -2.15. The lowest BCUT2D eigenvalue weighted by atomic mass is 9.81. The molecule has 0 aliphatic heterocycles. The van der Waals surface area contributed by atoms with Gasteiger partial charge >= 0.3 is 0 Å². The van der Waals surface area contributed by atoms with E-state index in [1.807, 2.05) is 6.07 Å². The Labute approximate surface area is 128 Å². The van der Waals surface area contributed by atoms with Gasteiger partial charge in [0.2, 0.25) is 5.95 Å². The number of aromatic nitrogens is 2. The SMILES string of the molecule is CC1CCC(CCn2c(N)nc3cc(Br)ccc32)CC1. The van der Waals surface area contributed by atoms with E-state index in [0.29, 0.717) is 5.95 Å². The molecule has 1 aliphatic rings. The number of nitrogens with two attached hydrogens (primary N) is 1. The zero-order valence-corrected chi connectivity index (χ0v) is 13.6. The van der Waals surface area contributed by atoms with Crippen molar-refractivity contribution in [3.05, 3.63) is 22.7 Å². The quantitative estimate of drug-likeness (QED) is 0.890. The molecule has 20 heavy (non-hydrogen) atoms. The Morgan fingerprint density at radius 3 is 2.80 bits per heavy atom. The first kappa shape index (κ1) is 13.9. The first-order valence-corrected chi connectivity index (χ1v) is 8.34. The standard InChI is InChI=1S/C16H22BrN3/c1-11-2-4-12(5-3-11)8-9-20-15-7-6-13(17)10-14(15)19-16(20)18/h6-7,10-12H,2-5,8-9H2,1H3,(H2,18,19). The van der Waals surface area contributed by atoms with Gasteiger partial charge < -0.3 is 10.3 Å². The average molecular weight is 336 g/mol. The van der Waals surface area contributed by atoms with Crippen LogP contribution in [-0.2, 0) is 6.54 Å². The summed E-state index contributed by atoms with van der Waals surface area (Å²) in [6.07, 6.45) is 6.74. The van der Waals surface area contributed by atoms with Crippen molar-refractivity contribution < 1.29 is 0 Å². The number of hydrogen-bond acceptors (Lipinski definition) is 2. The summed E-state index contributed by atoms with van der Waals surface area (Å²) in [5.41, 5.74) is 8.21. The number of imidazole rings is 1. The maximum atomic E-state index is 6.08. The van der Waals surface area contributed by atoms with E-state index >= 15 is 0 Å². The van der Waals surface area contributed by atoms with Crippen LogP contribution in [0.5, 0.6) is 0 Å². The Hall–Kier alpha value is -1.03. The molecule has 0 saturated heterocycles. The topological polar surface area (TPSA) is 43.8 Å². The normalized spacial score (nSPS) is 23.3. The lowest BCUT2D eigenvalue weighted by molar-refractivity contribution is 0.270. The van der Waals surface area contributed by atoms with E-state index in [-0.39, 0.29) is 0 Å². The van der Waals surface area contributed by atoms with Crippen molar-refractivity contribution in [1.82, 2.24) is 9.55 Å². The second kappa shape index (κ2) is 5.76. The molecule has 2 N–H and O–H groups in total. The molecule has 2 aromatic rings. The molecule has 1 aromatic carbocycles. The van der Waals surface area contributed by atoms with Gasteiger partial charge in [0.25, 0.3) is 0 Å². The highest BCUT2D eigenvalue weighted by atomic mass is 79.9. The first-order chi connectivity index (χ1) is 9.63. The molecule has 0 amide bonds. The highest BCUT2D eigenvalue weighted by Gasteiger charge is 2.18. The minimum absolute atomic E-state index is 0.641. The molecular formula is C16H22BrN3. The first-order valence-electron chi connectivity index (χ1n) is 7.54. The predicted octanol–water partition coefficient (Wildman–Crippen LogP) is 4.60.